The lowest BCUT2D eigenvalue weighted by molar-refractivity contribution is -0.127. The standard InChI is InChI=1S/C25H24BrClN2O7S/c1-4-8-36-24(32)16-12-15(6-7-18(16)27)28-21(30)13-29-23(31)20(37-25(29)33)11-14-9-17(26)22(35-5-2)19(10-14)34-3/h6-7,9-12H,4-5,8,13H2,1-3H3,(H,28,30)/b20-11+. The Balaban J connectivity index is 1.72. The smallest absolute Gasteiger partial charge is 0.339 e. The number of nitrogens with one attached hydrogen (secondary N) is 1. The van der Waals surface area contributed by atoms with Crippen molar-refractivity contribution < 1.29 is 33.4 Å². The normalized spacial score (nSPS) is 14.2. The first kappa shape index (κ1) is 28.5. The zero-order valence-corrected chi connectivity index (χ0v) is 23.4. The largest absolute Gasteiger partial charge is 0.493 e. The molecular weight excluding hydrogens is 588 g/mol. The Kier molecular flexibility index (Phi) is 10.0. The van der Waals surface area contributed by atoms with Gasteiger partial charge in [-0.3, -0.25) is 19.3 Å². The van der Waals surface area contributed by atoms with Crippen molar-refractivity contribution in [3.63, 3.8) is 0 Å². The number of anilines is 1. The second-order valence-electron chi connectivity index (χ2n) is 7.61. The van der Waals surface area contributed by atoms with Gasteiger partial charge in [0.05, 0.1) is 40.3 Å². The van der Waals surface area contributed by atoms with E-state index in [1.165, 1.54) is 25.3 Å². The maximum Gasteiger partial charge on any atom is 0.339 e. The third kappa shape index (κ3) is 7.06. The van der Waals surface area contributed by atoms with E-state index in [0.717, 1.165) is 16.7 Å². The molecule has 0 unspecified atom stereocenters. The molecule has 3 rings (SSSR count). The molecule has 196 valence electrons. The van der Waals surface area contributed by atoms with Crippen molar-refractivity contribution in [2.75, 3.05) is 32.2 Å². The highest BCUT2D eigenvalue weighted by Crippen LogP contribution is 2.39. The second-order valence-corrected chi connectivity index (χ2v) is 9.87. The number of hydrogen-bond acceptors (Lipinski definition) is 8. The van der Waals surface area contributed by atoms with Gasteiger partial charge in [0.1, 0.15) is 6.54 Å². The van der Waals surface area contributed by atoms with E-state index >= 15 is 0 Å². The summed E-state index contributed by atoms with van der Waals surface area (Å²) in [7, 11) is 1.50. The van der Waals surface area contributed by atoms with E-state index in [-0.39, 0.29) is 27.8 Å². The predicted molar refractivity (Wildman–Crippen MR) is 145 cm³/mol. The Morgan fingerprint density at radius 2 is 1.95 bits per heavy atom. The number of rotatable bonds is 10. The average Bonchev–Trinajstić information content (AvgIpc) is 3.12. The number of hydrogen-bond donors (Lipinski definition) is 1. The van der Waals surface area contributed by atoms with Gasteiger partial charge in [0.15, 0.2) is 11.5 Å². The number of methoxy groups -OCH3 is 1. The molecule has 0 aromatic heterocycles. The molecule has 2 aromatic carbocycles. The summed E-state index contributed by atoms with van der Waals surface area (Å²) < 4.78 is 16.7. The van der Waals surface area contributed by atoms with Crippen molar-refractivity contribution in [1.82, 2.24) is 4.90 Å². The average molecular weight is 612 g/mol. The Morgan fingerprint density at radius 3 is 2.62 bits per heavy atom. The first-order chi connectivity index (χ1) is 17.7. The number of carbonyl (C=O) groups is 4. The number of halogens is 2. The third-order valence-corrected chi connectivity index (χ3v) is 6.75. The maximum atomic E-state index is 12.9. The number of ether oxygens (including phenoxy) is 3. The van der Waals surface area contributed by atoms with Gasteiger partial charge in [0.2, 0.25) is 5.91 Å². The third-order valence-electron chi connectivity index (χ3n) is 4.92. The minimum absolute atomic E-state index is 0.0963. The topological polar surface area (TPSA) is 111 Å². The van der Waals surface area contributed by atoms with Crippen LogP contribution in [0.15, 0.2) is 39.7 Å². The van der Waals surface area contributed by atoms with Crippen LogP contribution in [0.25, 0.3) is 6.08 Å². The molecule has 1 heterocycles. The molecule has 0 atom stereocenters. The summed E-state index contributed by atoms with van der Waals surface area (Å²) in [6, 6.07) is 7.74. The molecule has 1 aliphatic heterocycles. The summed E-state index contributed by atoms with van der Waals surface area (Å²) in [5.41, 5.74) is 0.969. The van der Waals surface area contributed by atoms with E-state index < -0.39 is 29.6 Å². The summed E-state index contributed by atoms with van der Waals surface area (Å²) in [5.74, 6) is -0.854. The van der Waals surface area contributed by atoms with Crippen molar-refractivity contribution in [1.29, 1.82) is 0 Å². The molecule has 2 aromatic rings. The van der Waals surface area contributed by atoms with Crippen LogP contribution in [-0.4, -0.2) is 54.8 Å². The molecule has 1 saturated heterocycles. The van der Waals surface area contributed by atoms with Crippen LogP contribution < -0.4 is 14.8 Å². The van der Waals surface area contributed by atoms with E-state index in [0.29, 0.717) is 34.6 Å². The fourth-order valence-electron chi connectivity index (χ4n) is 3.27. The van der Waals surface area contributed by atoms with Crippen LogP contribution in [0, 0.1) is 0 Å². The van der Waals surface area contributed by atoms with Gasteiger partial charge in [-0.1, -0.05) is 18.5 Å². The number of benzene rings is 2. The quantitative estimate of drug-likeness (QED) is 0.267. The van der Waals surface area contributed by atoms with E-state index in [1.807, 2.05) is 13.8 Å². The fourth-order valence-corrected chi connectivity index (χ4v) is 4.88. The number of carbonyl (C=O) groups excluding carboxylic acids is 4. The van der Waals surface area contributed by atoms with Gasteiger partial charge in [-0.2, -0.15) is 0 Å². The van der Waals surface area contributed by atoms with Crippen molar-refractivity contribution in [3.05, 3.63) is 55.9 Å². The first-order valence-electron chi connectivity index (χ1n) is 11.2. The lowest BCUT2D eigenvalue weighted by atomic mass is 10.2. The lowest BCUT2D eigenvalue weighted by Crippen LogP contribution is -2.36. The summed E-state index contributed by atoms with van der Waals surface area (Å²) in [4.78, 5) is 51.2. The zero-order chi connectivity index (χ0) is 27.1. The molecule has 37 heavy (non-hydrogen) atoms. The number of amides is 3. The molecule has 1 aliphatic rings. The summed E-state index contributed by atoms with van der Waals surface area (Å²) in [6.07, 6.45) is 2.19. The van der Waals surface area contributed by atoms with E-state index in [4.69, 9.17) is 25.8 Å². The molecule has 0 saturated carbocycles. The molecule has 9 nitrogen and oxygen atoms in total. The van der Waals surface area contributed by atoms with Crippen molar-refractivity contribution >= 4 is 74.1 Å². The van der Waals surface area contributed by atoms with Gasteiger partial charge in [-0.05, 0) is 83.0 Å². The van der Waals surface area contributed by atoms with Crippen LogP contribution in [0.2, 0.25) is 5.02 Å². The van der Waals surface area contributed by atoms with Crippen LogP contribution in [-0.2, 0) is 14.3 Å². The summed E-state index contributed by atoms with van der Waals surface area (Å²) in [6.45, 7) is 3.88. The molecule has 3 amide bonds. The molecule has 0 bridgehead atoms. The molecular formula is C25H24BrClN2O7S. The molecule has 1 fully saturated rings. The van der Waals surface area contributed by atoms with Crippen molar-refractivity contribution in [3.8, 4) is 11.5 Å². The second kappa shape index (κ2) is 13.0. The molecule has 0 spiro atoms. The minimum Gasteiger partial charge on any atom is -0.493 e. The van der Waals surface area contributed by atoms with Crippen molar-refractivity contribution in [2.45, 2.75) is 20.3 Å². The summed E-state index contributed by atoms with van der Waals surface area (Å²) in [5, 5.41) is 2.17. The highest BCUT2D eigenvalue weighted by atomic mass is 79.9. The highest BCUT2D eigenvalue weighted by Gasteiger charge is 2.36. The Bertz CT molecular complexity index is 1270. The minimum atomic E-state index is -0.621. The first-order valence-corrected chi connectivity index (χ1v) is 13.2. The maximum absolute atomic E-state index is 12.9. The van der Waals surface area contributed by atoms with Gasteiger partial charge in [-0.25, -0.2) is 4.79 Å². The number of thioether (sulfide) groups is 1. The molecule has 0 aliphatic carbocycles. The number of nitrogens with zero attached hydrogens (tertiary/aromatic N) is 1. The Labute approximate surface area is 231 Å². The van der Waals surface area contributed by atoms with Gasteiger partial charge in [0, 0.05) is 5.69 Å². The lowest BCUT2D eigenvalue weighted by Gasteiger charge is -2.13. The Morgan fingerprint density at radius 1 is 1.19 bits per heavy atom. The van der Waals surface area contributed by atoms with Gasteiger partial charge < -0.3 is 19.5 Å². The number of esters is 1. The molecule has 1 N–H and O–H groups in total. The fraction of sp³-hybridized carbons (Fsp3) is 0.280. The van der Waals surface area contributed by atoms with E-state index in [1.54, 1.807) is 18.2 Å². The van der Waals surface area contributed by atoms with Gasteiger partial charge >= 0.3 is 5.97 Å². The van der Waals surface area contributed by atoms with E-state index in [9.17, 15) is 19.2 Å². The Hall–Kier alpha value is -3.02. The van der Waals surface area contributed by atoms with Crippen LogP contribution >= 0.6 is 39.3 Å². The van der Waals surface area contributed by atoms with E-state index in [2.05, 4.69) is 21.2 Å². The van der Waals surface area contributed by atoms with Crippen LogP contribution in [0.3, 0.4) is 0 Å². The highest BCUT2D eigenvalue weighted by molar-refractivity contribution is 9.10. The van der Waals surface area contributed by atoms with Crippen molar-refractivity contribution in [2.24, 2.45) is 0 Å². The summed E-state index contributed by atoms with van der Waals surface area (Å²) >= 11 is 10.2. The molecule has 12 heteroatoms. The zero-order valence-electron chi connectivity index (χ0n) is 20.3. The van der Waals surface area contributed by atoms with Gasteiger partial charge in [0.25, 0.3) is 11.1 Å². The molecule has 0 radical (unpaired) electrons. The number of imide groups is 1. The van der Waals surface area contributed by atoms with Gasteiger partial charge in [-0.15, -0.1) is 0 Å². The van der Waals surface area contributed by atoms with Crippen LogP contribution in [0.1, 0.15) is 36.2 Å². The van der Waals surface area contributed by atoms with Crippen LogP contribution in [0.4, 0.5) is 10.5 Å². The SMILES string of the molecule is CCCOC(=O)c1cc(NC(=O)CN2C(=O)S/C(=C/c3cc(Br)c(OCC)c(OC)c3)C2=O)ccc1Cl. The predicted octanol–water partition coefficient (Wildman–Crippen LogP) is 5.75. The van der Waals surface area contributed by atoms with Crippen LogP contribution in [0.5, 0.6) is 11.5 Å². The monoisotopic (exact) mass is 610 g/mol.